The van der Waals surface area contributed by atoms with Crippen molar-refractivity contribution >= 4 is 29.3 Å². The van der Waals surface area contributed by atoms with Gasteiger partial charge in [-0.25, -0.2) is 4.39 Å². The highest BCUT2D eigenvalue weighted by molar-refractivity contribution is 5.89. The molecule has 0 amide bonds. The molecule has 1 N–H and O–H groups in total. The van der Waals surface area contributed by atoms with Crippen LogP contribution < -0.4 is 20.2 Å². The van der Waals surface area contributed by atoms with E-state index in [0.29, 0.717) is 23.7 Å². The van der Waals surface area contributed by atoms with Crippen LogP contribution in [-0.2, 0) is 16.3 Å². The highest BCUT2D eigenvalue weighted by Gasteiger charge is 2.19. The molecule has 0 saturated carbocycles. The van der Waals surface area contributed by atoms with E-state index < -0.39 is 17.2 Å². The first kappa shape index (κ1) is 25.2. The van der Waals surface area contributed by atoms with Crippen LogP contribution in [-0.4, -0.2) is 37.8 Å². The number of ether oxygens (including phenoxy) is 3. The molecule has 0 unspecified atom stereocenters. The van der Waals surface area contributed by atoms with Gasteiger partial charge >= 0.3 is 5.97 Å². The summed E-state index contributed by atoms with van der Waals surface area (Å²) in [6.45, 7) is 2.16. The van der Waals surface area contributed by atoms with E-state index in [2.05, 4.69) is 5.32 Å². The predicted molar refractivity (Wildman–Crippen MR) is 123 cm³/mol. The number of hydrogen-bond acceptors (Lipinski definition) is 6. The lowest BCUT2D eigenvalue weighted by Crippen LogP contribution is -2.23. The summed E-state index contributed by atoms with van der Waals surface area (Å²) in [5.41, 5.74) is 0.624. The Morgan fingerprint density at radius 3 is 2.50 bits per heavy atom. The molecule has 3 rings (SSSR count). The Kier molecular flexibility index (Phi) is 9.04. The summed E-state index contributed by atoms with van der Waals surface area (Å²) in [4.78, 5) is 25.2. The SMILES string of the molecule is CCCOc1ccc(F)c2c(=O)c(-c3ccc(OC)cc3)cn(COC(=O)CNC)c12.Cl. The second-order valence-electron chi connectivity index (χ2n) is 6.86. The van der Waals surface area contributed by atoms with Crippen LogP contribution in [0.2, 0.25) is 0 Å². The molecule has 0 saturated heterocycles. The van der Waals surface area contributed by atoms with E-state index >= 15 is 0 Å². The minimum absolute atomic E-state index is 0. The van der Waals surface area contributed by atoms with Gasteiger partial charge in [0, 0.05) is 11.8 Å². The van der Waals surface area contributed by atoms with E-state index in [9.17, 15) is 14.0 Å². The maximum Gasteiger partial charge on any atom is 0.321 e. The second-order valence-corrected chi connectivity index (χ2v) is 6.86. The number of carbonyl (C=O) groups excluding carboxylic acids is 1. The monoisotopic (exact) mass is 464 g/mol. The van der Waals surface area contributed by atoms with Crippen LogP contribution in [0.15, 0.2) is 47.4 Å². The van der Waals surface area contributed by atoms with Crippen LogP contribution in [0.1, 0.15) is 13.3 Å². The predicted octanol–water partition coefficient (Wildman–Crippen LogP) is 3.75. The lowest BCUT2D eigenvalue weighted by molar-refractivity contribution is -0.146. The van der Waals surface area contributed by atoms with E-state index in [0.717, 1.165) is 6.42 Å². The molecule has 0 fully saturated rings. The molecule has 0 aliphatic rings. The number of pyridine rings is 1. The minimum atomic E-state index is -0.672. The van der Waals surface area contributed by atoms with Crippen LogP contribution >= 0.6 is 12.4 Å². The number of aromatic nitrogens is 1. The number of likely N-dealkylation sites (N-methyl/N-ethyl adjacent to an activating group) is 1. The van der Waals surface area contributed by atoms with Gasteiger partial charge in [0.05, 0.1) is 25.6 Å². The van der Waals surface area contributed by atoms with Gasteiger partial charge in [-0.15, -0.1) is 12.4 Å². The fourth-order valence-electron chi connectivity index (χ4n) is 3.21. The first-order chi connectivity index (χ1) is 15.0. The Bertz CT molecular complexity index is 1130. The molecule has 7 nitrogen and oxygen atoms in total. The van der Waals surface area contributed by atoms with Crippen molar-refractivity contribution in [1.82, 2.24) is 9.88 Å². The van der Waals surface area contributed by atoms with Gasteiger partial charge in [0.2, 0.25) is 0 Å². The Hall–Kier alpha value is -3.10. The molecule has 0 atom stereocenters. The molecular formula is C23H26ClFN2O5. The summed E-state index contributed by atoms with van der Waals surface area (Å²) < 4.78 is 32.6. The average molecular weight is 465 g/mol. The maximum atomic E-state index is 14.9. The molecule has 0 aliphatic carbocycles. The number of methoxy groups -OCH3 is 1. The molecule has 1 aromatic heterocycles. The molecule has 2 aromatic carbocycles. The number of nitrogens with zero attached hydrogens (tertiary/aromatic N) is 1. The summed E-state index contributed by atoms with van der Waals surface area (Å²) in [6, 6.07) is 9.55. The van der Waals surface area contributed by atoms with Crippen molar-refractivity contribution in [3.05, 3.63) is 58.6 Å². The van der Waals surface area contributed by atoms with Crippen LogP contribution in [0, 0.1) is 5.82 Å². The van der Waals surface area contributed by atoms with Crippen LogP contribution in [0.5, 0.6) is 11.5 Å². The van der Waals surface area contributed by atoms with Crippen LogP contribution in [0.3, 0.4) is 0 Å². The molecule has 172 valence electrons. The molecule has 0 radical (unpaired) electrons. The molecule has 0 bridgehead atoms. The fourth-order valence-corrected chi connectivity index (χ4v) is 3.21. The van der Waals surface area contributed by atoms with Gasteiger partial charge in [-0.3, -0.25) is 9.59 Å². The minimum Gasteiger partial charge on any atom is -0.497 e. The Balaban J connectivity index is 0.00000363. The smallest absolute Gasteiger partial charge is 0.321 e. The molecule has 1 heterocycles. The van der Waals surface area contributed by atoms with E-state index in [1.54, 1.807) is 44.6 Å². The normalized spacial score (nSPS) is 10.5. The zero-order chi connectivity index (χ0) is 22.4. The lowest BCUT2D eigenvalue weighted by Gasteiger charge is -2.17. The van der Waals surface area contributed by atoms with Crippen molar-refractivity contribution in [2.75, 3.05) is 27.3 Å². The summed E-state index contributed by atoms with van der Waals surface area (Å²) >= 11 is 0. The first-order valence-corrected chi connectivity index (χ1v) is 9.93. The highest BCUT2D eigenvalue weighted by atomic mass is 35.5. The van der Waals surface area contributed by atoms with E-state index in [1.807, 2.05) is 6.92 Å². The third kappa shape index (κ3) is 5.38. The van der Waals surface area contributed by atoms with Gasteiger partial charge in [-0.2, -0.15) is 0 Å². The number of esters is 1. The summed E-state index contributed by atoms with van der Waals surface area (Å²) in [5.74, 6) is -0.170. The largest absolute Gasteiger partial charge is 0.497 e. The fraction of sp³-hybridized carbons (Fsp3) is 0.304. The van der Waals surface area contributed by atoms with Crippen molar-refractivity contribution in [3.8, 4) is 22.6 Å². The van der Waals surface area contributed by atoms with Crippen molar-refractivity contribution in [2.24, 2.45) is 0 Å². The molecule has 3 aromatic rings. The Morgan fingerprint density at radius 1 is 1.16 bits per heavy atom. The molecule has 9 heteroatoms. The zero-order valence-corrected chi connectivity index (χ0v) is 19.0. The van der Waals surface area contributed by atoms with Crippen molar-refractivity contribution < 1.29 is 23.4 Å². The van der Waals surface area contributed by atoms with Gasteiger partial charge in [0.1, 0.15) is 22.8 Å². The van der Waals surface area contributed by atoms with Gasteiger partial charge in [-0.1, -0.05) is 19.1 Å². The standard InChI is InChI=1S/C23H25FN2O5.ClH/c1-4-11-30-19-10-9-18(24)21-22(19)26(14-31-20(27)12-25-2)13-17(23(21)28)15-5-7-16(29-3)8-6-15;/h5-10,13,25H,4,11-12,14H2,1-3H3;1H. The summed E-state index contributed by atoms with van der Waals surface area (Å²) in [7, 11) is 3.18. The maximum absolute atomic E-state index is 14.9. The number of fused-ring (bicyclic) bond motifs is 1. The zero-order valence-electron chi connectivity index (χ0n) is 18.1. The third-order valence-electron chi connectivity index (χ3n) is 4.68. The number of benzene rings is 2. The lowest BCUT2D eigenvalue weighted by atomic mass is 10.0. The first-order valence-electron chi connectivity index (χ1n) is 9.93. The average Bonchev–Trinajstić information content (AvgIpc) is 2.78. The van der Waals surface area contributed by atoms with E-state index in [-0.39, 0.29) is 42.1 Å². The molecular weight excluding hydrogens is 439 g/mol. The van der Waals surface area contributed by atoms with Gasteiger partial charge < -0.3 is 24.1 Å². The topological polar surface area (TPSA) is 78.8 Å². The number of nitrogens with one attached hydrogen (secondary N) is 1. The van der Waals surface area contributed by atoms with Crippen LogP contribution in [0.4, 0.5) is 4.39 Å². The van der Waals surface area contributed by atoms with Gasteiger partial charge in [-0.05, 0) is 43.3 Å². The quantitative estimate of drug-likeness (QED) is 0.486. The van der Waals surface area contributed by atoms with E-state index in [4.69, 9.17) is 14.2 Å². The van der Waals surface area contributed by atoms with Gasteiger partial charge in [0.25, 0.3) is 0 Å². The Morgan fingerprint density at radius 2 is 1.88 bits per heavy atom. The van der Waals surface area contributed by atoms with Crippen molar-refractivity contribution in [3.63, 3.8) is 0 Å². The molecule has 0 spiro atoms. The van der Waals surface area contributed by atoms with Gasteiger partial charge in [0.15, 0.2) is 12.2 Å². The molecule has 0 aliphatic heterocycles. The molecule has 32 heavy (non-hydrogen) atoms. The number of carbonyl (C=O) groups is 1. The summed E-state index contributed by atoms with van der Waals surface area (Å²) in [6.07, 6.45) is 2.29. The highest BCUT2D eigenvalue weighted by Crippen LogP contribution is 2.29. The van der Waals surface area contributed by atoms with Crippen LogP contribution in [0.25, 0.3) is 22.0 Å². The summed E-state index contributed by atoms with van der Waals surface area (Å²) in [5, 5.41) is 2.60. The van der Waals surface area contributed by atoms with Crippen molar-refractivity contribution in [2.45, 2.75) is 20.1 Å². The number of hydrogen-bond donors (Lipinski definition) is 1. The van der Waals surface area contributed by atoms with Crippen molar-refractivity contribution in [1.29, 1.82) is 0 Å². The Labute approximate surface area is 191 Å². The second kappa shape index (κ2) is 11.5. The number of halogens is 2. The van der Waals surface area contributed by atoms with E-state index in [1.165, 1.54) is 16.7 Å². The number of rotatable bonds is 9. The third-order valence-corrected chi connectivity index (χ3v) is 4.68.